The van der Waals surface area contributed by atoms with Crippen LogP contribution < -0.4 is 5.32 Å². The van der Waals surface area contributed by atoms with Crippen LogP contribution in [0.2, 0.25) is 0 Å². The number of hydrogen-bond donors (Lipinski definition) is 1. The Morgan fingerprint density at radius 3 is 2.68 bits per heavy atom. The molecule has 3 heterocycles. The number of ether oxygens (including phenoxy) is 1. The predicted octanol–water partition coefficient (Wildman–Crippen LogP) is 5.30. The van der Waals surface area contributed by atoms with Crippen LogP contribution in [0.1, 0.15) is 52.8 Å². The van der Waals surface area contributed by atoms with Crippen molar-refractivity contribution in [2.24, 2.45) is 0 Å². The molecule has 6 rings (SSSR count). The molecule has 0 radical (unpaired) electrons. The van der Waals surface area contributed by atoms with Crippen LogP contribution in [0.3, 0.4) is 0 Å². The zero-order valence-corrected chi connectivity index (χ0v) is 24.2. The van der Waals surface area contributed by atoms with Gasteiger partial charge in [0.15, 0.2) is 11.0 Å². The van der Waals surface area contributed by atoms with Gasteiger partial charge in [-0.05, 0) is 62.4 Å². The molecule has 2 aromatic carbocycles. The lowest BCUT2D eigenvalue weighted by molar-refractivity contribution is -0.115. The number of fused-ring (bicyclic) bond motifs is 2. The van der Waals surface area contributed by atoms with E-state index in [9.17, 15) is 9.59 Å². The van der Waals surface area contributed by atoms with Gasteiger partial charge in [0.05, 0.1) is 17.7 Å². The third-order valence-corrected chi connectivity index (χ3v) is 9.03. The largest absolute Gasteiger partial charge is 0.462 e. The summed E-state index contributed by atoms with van der Waals surface area (Å²) in [5.74, 6) is 0.687. The highest BCUT2D eigenvalue weighted by Crippen LogP contribution is 2.38. The Hall–Kier alpha value is -4.03. The number of benzene rings is 2. The van der Waals surface area contributed by atoms with Crippen LogP contribution in [0.5, 0.6) is 0 Å². The van der Waals surface area contributed by atoms with Crippen molar-refractivity contribution in [1.82, 2.24) is 29.8 Å². The van der Waals surface area contributed by atoms with E-state index < -0.39 is 0 Å². The van der Waals surface area contributed by atoms with Gasteiger partial charge in [-0.2, -0.15) is 0 Å². The summed E-state index contributed by atoms with van der Waals surface area (Å²) < 4.78 is 9.12. The number of para-hydroxylation sites is 2. The van der Waals surface area contributed by atoms with Gasteiger partial charge in [-0.25, -0.2) is 9.48 Å². The van der Waals surface area contributed by atoms with Gasteiger partial charge in [-0.3, -0.25) is 9.36 Å². The zero-order chi connectivity index (χ0) is 28.2. The van der Waals surface area contributed by atoms with E-state index in [1.54, 1.807) is 6.92 Å². The molecule has 1 aliphatic carbocycles. The average Bonchev–Trinajstić information content (AvgIpc) is 3.69. The maximum atomic E-state index is 13.0. The summed E-state index contributed by atoms with van der Waals surface area (Å²) in [6, 6.07) is 17.7. The maximum absolute atomic E-state index is 13.0. The second-order valence-corrected chi connectivity index (χ2v) is 11.8. The first-order chi connectivity index (χ1) is 20.1. The highest BCUT2D eigenvalue weighted by Gasteiger charge is 2.27. The lowest BCUT2D eigenvalue weighted by Crippen LogP contribution is -2.16. The Balaban J connectivity index is 1.17. The molecule has 0 bridgehead atoms. The summed E-state index contributed by atoms with van der Waals surface area (Å²) in [5.41, 5.74) is 4.22. The van der Waals surface area contributed by atoms with Crippen LogP contribution >= 0.6 is 23.1 Å². The Bertz CT molecular complexity index is 1690. The number of amides is 1. The highest BCUT2D eigenvalue weighted by atomic mass is 32.2. The minimum absolute atomic E-state index is 0.151. The van der Waals surface area contributed by atoms with Gasteiger partial charge in [-0.15, -0.1) is 26.6 Å². The number of aromatic nitrogens is 6. The second-order valence-electron chi connectivity index (χ2n) is 9.59. The maximum Gasteiger partial charge on any atom is 0.341 e. The number of thioether (sulfide) groups is 1. The molecule has 0 atom stereocenters. The molecule has 0 spiro atoms. The van der Waals surface area contributed by atoms with Crippen molar-refractivity contribution < 1.29 is 14.3 Å². The summed E-state index contributed by atoms with van der Waals surface area (Å²) >= 11 is 2.96. The molecule has 1 N–H and O–H groups in total. The average molecular weight is 588 g/mol. The third kappa shape index (κ3) is 5.75. The van der Waals surface area contributed by atoms with Crippen molar-refractivity contribution in [2.45, 2.75) is 50.7 Å². The minimum atomic E-state index is -0.361. The van der Waals surface area contributed by atoms with E-state index in [0.717, 1.165) is 48.0 Å². The molecule has 0 saturated heterocycles. The number of hydrogen-bond acceptors (Lipinski definition) is 9. The molecular formula is C29H29N7O3S2. The molecule has 3 aromatic heterocycles. The van der Waals surface area contributed by atoms with Crippen molar-refractivity contribution in [1.29, 1.82) is 0 Å². The second kappa shape index (κ2) is 12.2. The lowest BCUT2D eigenvalue weighted by atomic mass is 9.95. The first-order valence-corrected chi connectivity index (χ1v) is 15.4. The molecule has 1 aliphatic rings. The number of aryl methyl sites for hydroxylation is 1. The quantitative estimate of drug-likeness (QED) is 0.173. The molecule has 210 valence electrons. The van der Waals surface area contributed by atoms with E-state index >= 15 is 0 Å². The molecular weight excluding hydrogens is 558 g/mol. The van der Waals surface area contributed by atoms with E-state index in [1.807, 2.05) is 63.8 Å². The summed E-state index contributed by atoms with van der Waals surface area (Å²) in [7, 11) is 0. The van der Waals surface area contributed by atoms with Crippen LogP contribution in [0.4, 0.5) is 5.00 Å². The van der Waals surface area contributed by atoms with Crippen molar-refractivity contribution in [3.63, 3.8) is 0 Å². The Labute approximate surface area is 245 Å². The number of thiophene rings is 1. The van der Waals surface area contributed by atoms with Crippen LogP contribution in [-0.4, -0.2) is 54.0 Å². The topological polar surface area (TPSA) is 117 Å². The van der Waals surface area contributed by atoms with Crippen LogP contribution in [-0.2, 0) is 28.9 Å². The number of esters is 1. The normalized spacial score (nSPS) is 12.8. The van der Waals surface area contributed by atoms with E-state index in [0.29, 0.717) is 40.4 Å². The fraction of sp³-hybridized carbons (Fsp3) is 0.310. The number of carbonyl (C=O) groups is 2. The molecule has 0 saturated carbocycles. The summed E-state index contributed by atoms with van der Waals surface area (Å²) in [6.07, 6.45) is 4.15. The van der Waals surface area contributed by atoms with Crippen LogP contribution in [0.15, 0.2) is 59.8 Å². The van der Waals surface area contributed by atoms with Gasteiger partial charge in [0, 0.05) is 22.7 Å². The Morgan fingerprint density at radius 2 is 1.83 bits per heavy atom. The number of carbonyl (C=O) groups excluding carboxylic acids is 2. The molecule has 0 aliphatic heterocycles. The Kier molecular flexibility index (Phi) is 8.10. The van der Waals surface area contributed by atoms with Gasteiger partial charge >= 0.3 is 5.97 Å². The van der Waals surface area contributed by atoms with Crippen molar-refractivity contribution in [2.75, 3.05) is 17.7 Å². The van der Waals surface area contributed by atoms with Gasteiger partial charge in [0.25, 0.3) is 0 Å². The molecule has 41 heavy (non-hydrogen) atoms. The van der Waals surface area contributed by atoms with E-state index in [2.05, 4.69) is 25.8 Å². The van der Waals surface area contributed by atoms with Gasteiger partial charge in [-0.1, -0.05) is 47.3 Å². The number of nitrogens with zero attached hydrogens (tertiary/aromatic N) is 6. The van der Waals surface area contributed by atoms with Gasteiger partial charge < -0.3 is 10.1 Å². The summed E-state index contributed by atoms with van der Waals surface area (Å²) in [5, 5.41) is 21.8. The SMILES string of the molecule is CCOC(=O)c1c(NC(=O)CCSc2nnc(Cn3nnc4ccccc43)n2-c2ccccc2)sc2c1CCCC2. The van der Waals surface area contributed by atoms with Crippen LogP contribution in [0.25, 0.3) is 16.7 Å². The Morgan fingerprint density at radius 1 is 1.02 bits per heavy atom. The summed E-state index contributed by atoms with van der Waals surface area (Å²) in [6.45, 7) is 2.48. The monoisotopic (exact) mass is 587 g/mol. The fourth-order valence-electron chi connectivity index (χ4n) is 5.00. The molecule has 10 nitrogen and oxygen atoms in total. The van der Waals surface area contributed by atoms with Crippen molar-refractivity contribution in [3.8, 4) is 5.69 Å². The molecule has 5 aromatic rings. The first kappa shape index (κ1) is 27.2. The van der Waals surface area contributed by atoms with Crippen molar-refractivity contribution >= 4 is 51.0 Å². The fourth-order valence-corrected chi connectivity index (χ4v) is 7.20. The molecule has 0 fully saturated rings. The van der Waals surface area contributed by atoms with E-state index in [-0.39, 0.29) is 18.3 Å². The van der Waals surface area contributed by atoms with Crippen molar-refractivity contribution in [3.05, 3.63) is 76.4 Å². The summed E-state index contributed by atoms with van der Waals surface area (Å²) in [4.78, 5) is 26.9. The van der Waals surface area contributed by atoms with Gasteiger partial charge in [0.2, 0.25) is 5.91 Å². The standard InChI is InChI=1S/C29H29N7O3S2/c1-2-39-28(38)26-20-12-6-9-15-23(20)41-27(26)30-25(37)16-17-40-29-33-32-24(36(29)19-10-4-3-5-11-19)18-35-22-14-8-7-13-21(22)31-34-35/h3-5,7-8,10-11,13-14H,2,6,9,12,15-18H2,1H3,(H,30,37). The predicted molar refractivity (Wildman–Crippen MR) is 159 cm³/mol. The smallest absolute Gasteiger partial charge is 0.341 e. The molecule has 0 unspecified atom stereocenters. The molecule has 12 heteroatoms. The van der Waals surface area contributed by atoms with E-state index in [4.69, 9.17) is 4.74 Å². The molecule has 1 amide bonds. The number of rotatable bonds is 10. The lowest BCUT2D eigenvalue weighted by Gasteiger charge is -2.12. The van der Waals surface area contributed by atoms with E-state index in [1.165, 1.54) is 28.0 Å². The highest BCUT2D eigenvalue weighted by molar-refractivity contribution is 7.99. The van der Waals surface area contributed by atoms with Gasteiger partial charge in [0.1, 0.15) is 17.1 Å². The van der Waals surface area contributed by atoms with Crippen LogP contribution in [0, 0.1) is 0 Å². The number of nitrogens with one attached hydrogen (secondary N) is 1. The number of anilines is 1. The zero-order valence-electron chi connectivity index (χ0n) is 22.6. The minimum Gasteiger partial charge on any atom is -0.462 e. The third-order valence-electron chi connectivity index (χ3n) is 6.89. The first-order valence-electron chi connectivity index (χ1n) is 13.6.